The fraction of sp³-hybridized carbons (Fsp3) is 0.421. The third kappa shape index (κ3) is 5.42. The molecule has 0 saturated heterocycles. The lowest BCUT2D eigenvalue weighted by molar-refractivity contribution is 0.190. The van der Waals surface area contributed by atoms with Gasteiger partial charge in [0.25, 0.3) is 0 Å². The largest absolute Gasteiger partial charge is 0.383 e. The number of benzene rings is 1. The lowest BCUT2D eigenvalue weighted by Gasteiger charge is -2.23. The van der Waals surface area contributed by atoms with Gasteiger partial charge in [0.1, 0.15) is 5.82 Å². The molecular weight excluding hydrogens is 330 g/mol. The maximum atomic E-state index is 12.7. The minimum absolute atomic E-state index is 0.0528. The number of nitrogens with one attached hydrogen (secondary N) is 2. The van der Waals surface area contributed by atoms with Crippen LogP contribution >= 0.6 is 0 Å². The molecule has 1 heterocycles. The second kappa shape index (κ2) is 9.72. The van der Waals surface area contributed by atoms with Gasteiger partial charge in [-0.3, -0.25) is 0 Å². The number of hydrogen-bond acceptors (Lipinski definition) is 5. The average Bonchev–Trinajstić information content (AvgIpc) is 2.62. The van der Waals surface area contributed by atoms with Gasteiger partial charge < -0.3 is 15.4 Å². The molecule has 0 spiro atoms. The predicted molar refractivity (Wildman–Crippen MR) is 104 cm³/mol. The molecule has 0 saturated carbocycles. The first-order valence-electron chi connectivity index (χ1n) is 8.78. The summed E-state index contributed by atoms with van der Waals surface area (Å²) in [5.41, 5.74) is 1.87. The third-order valence-corrected chi connectivity index (χ3v) is 3.68. The van der Waals surface area contributed by atoms with Crippen LogP contribution in [-0.4, -0.2) is 42.3 Å². The second-order valence-corrected chi connectivity index (χ2v) is 6.14. The normalized spacial score (nSPS) is 11.7. The zero-order chi connectivity index (χ0) is 18.9. The molecule has 1 aromatic carbocycles. The van der Waals surface area contributed by atoms with Crippen LogP contribution in [0.5, 0.6) is 0 Å². The van der Waals surface area contributed by atoms with Gasteiger partial charge >= 0.3 is 6.03 Å². The minimum atomic E-state index is -0.217. The Kier molecular flexibility index (Phi) is 7.35. The monoisotopic (exact) mass is 357 g/mol. The van der Waals surface area contributed by atoms with Crippen molar-refractivity contribution < 1.29 is 9.53 Å². The average molecular weight is 357 g/mol. The maximum absolute atomic E-state index is 12.7. The zero-order valence-electron chi connectivity index (χ0n) is 15.8. The summed E-state index contributed by atoms with van der Waals surface area (Å²) in [7, 11) is 1.65. The van der Waals surface area contributed by atoms with Gasteiger partial charge in [-0.05, 0) is 32.4 Å². The molecule has 26 heavy (non-hydrogen) atoms. The molecule has 1 aromatic heterocycles. The number of aromatic nitrogens is 2. The molecule has 0 aliphatic rings. The van der Waals surface area contributed by atoms with E-state index in [1.165, 1.54) is 0 Å². The van der Waals surface area contributed by atoms with Gasteiger partial charge in [0.2, 0.25) is 5.95 Å². The van der Waals surface area contributed by atoms with Gasteiger partial charge in [-0.15, -0.1) is 0 Å². The number of carbonyl (C=O) groups is 1. The molecule has 1 atom stereocenters. The summed E-state index contributed by atoms with van der Waals surface area (Å²) in [6.45, 7) is 7.13. The fourth-order valence-corrected chi connectivity index (χ4v) is 2.41. The third-order valence-electron chi connectivity index (χ3n) is 3.68. The van der Waals surface area contributed by atoms with E-state index in [1.54, 1.807) is 24.3 Å². The molecule has 2 N–H and O–H groups in total. The van der Waals surface area contributed by atoms with E-state index in [1.807, 2.05) is 45.0 Å². The number of anilines is 3. The van der Waals surface area contributed by atoms with Crippen LogP contribution in [0.3, 0.4) is 0 Å². The van der Waals surface area contributed by atoms with Crippen molar-refractivity contribution in [1.82, 2.24) is 15.3 Å². The van der Waals surface area contributed by atoms with E-state index in [9.17, 15) is 4.79 Å². The molecule has 0 bridgehead atoms. The van der Waals surface area contributed by atoms with E-state index < -0.39 is 0 Å². The highest BCUT2D eigenvalue weighted by Crippen LogP contribution is 2.24. The van der Waals surface area contributed by atoms with Crippen LogP contribution in [0.4, 0.5) is 22.2 Å². The van der Waals surface area contributed by atoms with E-state index in [-0.39, 0.29) is 12.1 Å². The number of ether oxygens (including phenoxy) is 1. The zero-order valence-corrected chi connectivity index (χ0v) is 15.8. The van der Waals surface area contributed by atoms with E-state index in [2.05, 4.69) is 20.6 Å². The highest BCUT2D eigenvalue weighted by atomic mass is 16.5. The number of hydrogen-bond donors (Lipinski definition) is 2. The second-order valence-electron chi connectivity index (χ2n) is 6.14. The van der Waals surface area contributed by atoms with E-state index in [4.69, 9.17) is 4.74 Å². The van der Waals surface area contributed by atoms with Gasteiger partial charge in [0, 0.05) is 32.0 Å². The summed E-state index contributed by atoms with van der Waals surface area (Å²) in [6.07, 6.45) is 2.50. The smallest absolute Gasteiger partial charge is 0.327 e. The first-order valence-corrected chi connectivity index (χ1v) is 8.78. The number of nitrogens with zero attached hydrogens (tertiary/aromatic N) is 3. The standard InChI is InChI=1S/C19H27N5O2/c1-5-11-21-19(25)24(16-8-6-14(2)7-9-16)17-10-12-20-18(23-17)22-15(3)13-26-4/h6-10,12,15H,5,11,13H2,1-4H3,(H,21,25)(H,20,22,23). The van der Waals surface area contributed by atoms with Gasteiger partial charge in [0.05, 0.1) is 12.3 Å². The topological polar surface area (TPSA) is 79.4 Å². The molecule has 2 aromatic rings. The molecule has 0 aliphatic carbocycles. The minimum Gasteiger partial charge on any atom is -0.383 e. The predicted octanol–water partition coefficient (Wildman–Crippen LogP) is 3.49. The lowest BCUT2D eigenvalue weighted by Crippen LogP contribution is -2.37. The Morgan fingerprint density at radius 2 is 2.00 bits per heavy atom. The molecule has 0 fully saturated rings. The number of methoxy groups -OCH3 is 1. The first kappa shape index (κ1) is 19.7. The molecular formula is C19H27N5O2. The fourth-order valence-electron chi connectivity index (χ4n) is 2.41. The van der Waals surface area contributed by atoms with Gasteiger partial charge in [0.15, 0.2) is 0 Å². The van der Waals surface area contributed by atoms with Crippen LogP contribution in [0.15, 0.2) is 36.5 Å². The Hall–Kier alpha value is -2.67. The summed E-state index contributed by atoms with van der Waals surface area (Å²) in [6, 6.07) is 9.31. The molecule has 0 radical (unpaired) electrons. The van der Waals surface area contributed by atoms with Gasteiger partial charge in [-0.1, -0.05) is 24.6 Å². The molecule has 2 rings (SSSR count). The molecule has 7 heteroatoms. The Morgan fingerprint density at radius 1 is 1.27 bits per heavy atom. The van der Waals surface area contributed by atoms with Crippen LogP contribution < -0.4 is 15.5 Å². The molecule has 140 valence electrons. The first-order chi connectivity index (χ1) is 12.5. The van der Waals surface area contributed by atoms with Crippen LogP contribution in [0.1, 0.15) is 25.8 Å². The van der Waals surface area contributed by atoms with Crippen molar-refractivity contribution in [2.75, 3.05) is 30.5 Å². The number of amides is 2. The Morgan fingerprint density at radius 3 is 2.65 bits per heavy atom. The molecule has 0 aliphatic heterocycles. The Balaban J connectivity index is 2.32. The van der Waals surface area contributed by atoms with Crippen LogP contribution in [0.2, 0.25) is 0 Å². The van der Waals surface area contributed by atoms with Crippen LogP contribution in [-0.2, 0) is 4.74 Å². The maximum Gasteiger partial charge on any atom is 0.327 e. The van der Waals surface area contributed by atoms with Crippen molar-refractivity contribution in [2.24, 2.45) is 0 Å². The van der Waals surface area contributed by atoms with Crippen molar-refractivity contribution in [3.05, 3.63) is 42.1 Å². The highest BCUT2D eigenvalue weighted by Gasteiger charge is 2.19. The highest BCUT2D eigenvalue weighted by molar-refractivity contribution is 5.98. The summed E-state index contributed by atoms with van der Waals surface area (Å²) < 4.78 is 5.12. The van der Waals surface area contributed by atoms with Gasteiger partial charge in [-0.2, -0.15) is 4.98 Å². The van der Waals surface area contributed by atoms with Crippen molar-refractivity contribution in [1.29, 1.82) is 0 Å². The summed E-state index contributed by atoms with van der Waals surface area (Å²) in [5.74, 6) is 0.956. The summed E-state index contributed by atoms with van der Waals surface area (Å²) in [4.78, 5) is 23.0. The van der Waals surface area contributed by atoms with Crippen molar-refractivity contribution in [3.8, 4) is 0 Å². The number of carbonyl (C=O) groups excluding carboxylic acids is 1. The van der Waals surface area contributed by atoms with Crippen molar-refractivity contribution in [3.63, 3.8) is 0 Å². The van der Waals surface area contributed by atoms with Crippen LogP contribution in [0.25, 0.3) is 0 Å². The quantitative estimate of drug-likeness (QED) is 0.756. The van der Waals surface area contributed by atoms with Crippen molar-refractivity contribution >= 4 is 23.5 Å². The lowest BCUT2D eigenvalue weighted by atomic mass is 10.2. The number of rotatable bonds is 8. The number of urea groups is 1. The molecule has 7 nitrogen and oxygen atoms in total. The Labute approximate surface area is 154 Å². The van der Waals surface area contributed by atoms with E-state index >= 15 is 0 Å². The van der Waals surface area contributed by atoms with Crippen molar-refractivity contribution in [2.45, 2.75) is 33.2 Å². The SMILES string of the molecule is CCCNC(=O)N(c1ccc(C)cc1)c1ccnc(NC(C)COC)n1. The van der Waals surface area contributed by atoms with E-state index in [0.29, 0.717) is 24.9 Å². The Bertz CT molecular complexity index is 705. The summed E-state index contributed by atoms with van der Waals surface area (Å²) >= 11 is 0. The van der Waals surface area contributed by atoms with Gasteiger partial charge in [-0.25, -0.2) is 14.7 Å². The number of aryl methyl sites for hydroxylation is 1. The van der Waals surface area contributed by atoms with Crippen LogP contribution in [0, 0.1) is 6.92 Å². The van der Waals surface area contributed by atoms with E-state index in [0.717, 1.165) is 17.7 Å². The molecule has 1 unspecified atom stereocenters. The summed E-state index contributed by atoms with van der Waals surface area (Å²) in [5, 5.41) is 6.09. The molecule has 2 amide bonds.